The minimum atomic E-state index is -0.101. The topological polar surface area (TPSA) is 49.4 Å². The summed E-state index contributed by atoms with van der Waals surface area (Å²) in [5, 5.41) is 3.40. The molecule has 0 bridgehead atoms. The molecule has 1 aliphatic rings. The molecule has 1 atom stereocenters. The van der Waals surface area contributed by atoms with E-state index >= 15 is 0 Å². The quantitative estimate of drug-likeness (QED) is 0.827. The third-order valence-corrected chi connectivity index (χ3v) is 3.38. The summed E-state index contributed by atoms with van der Waals surface area (Å²) in [5.41, 5.74) is 1.79. The summed E-state index contributed by atoms with van der Waals surface area (Å²) in [5.74, 6) is -0.201. The molecule has 1 aromatic rings. The summed E-state index contributed by atoms with van der Waals surface area (Å²) >= 11 is 0. The molecule has 1 saturated heterocycles. The molecular weight excluding hydrogens is 240 g/mol. The highest BCUT2D eigenvalue weighted by Gasteiger charge is 2.30. The van der Waals surface area contributed by atoms with Crippen LogP contribution in [-0.4, -0.2) is 18.4 Å². The second kappa shape index (κ2) is 5.97. The second-order valence-corrected chi connectivity index (χ2v) is 4.89. The van der Waals surface area contributed by atoms with Crippen molar-refractivity contribution >= 4 is 17.5 Å². The van der Waals surface area contributed by atoms with Gasteiger partial charge in [0.15, 0.2) is 0 Å². The number of carbonyl (C=O) groups excluding carboxylic acids is 2. The first kappa shape index (κ1) is 13.7. The van der Waals surface area contributed by atoms with Crippen molar-refractivity contribution < 1.29 is 9.59 Å². The number of rotatable bonds is 5. The number of carbonyl (C=O) groups is 2. The van der Waals surface area contributed by atoms with Gasteiger partial charge in [0.2, 0.25) is 11.8 Å². The molecule has 102 valence electrons. The maximum absolute atomic E-state index is 11.7. The summed E-state index contributed by atoms with van der Waals surface area (Å²) in [6, 6.07) is 7.87. The average Bonchev–Trinajstić information content (AvgIpc) is 2.75. The van der Waals surface area contributed by atoms with E-state index in [9.17, 15) is 9.59 Å². The third-order valence-electron chi connectivity index (χ3n) is 3.38. The molecule has 2 rings (SSSR count). The Morgan fingerprint density at radius 1 is 1.26 bits per heavy atom. The number of imide groups is 1. The highest BCUT2D eigenvalue weighted by molar-refractivity contribution is 6.19. The van der Waals surface area contributed by atoms with Gasteiger partial charge in [0.25, 0.3) is 0 Å². The number of nitrogens with zero attached hydrogens (tertiary/aromatic N) is 1. The van der Waals surface area contributed by atoms with E-state index < -0.39 is 0 Å². The van der Waals surface area contributed by atoms with E-state index in [1.54, 1.807) is 0 Å². The van der Waals surface area contributed by atoms with Gasteiger partial charge in [-0.05, 0) is 37.6 Å². The molecule has 0 saturated carbocycles. The summed E-state index contributed by atoms with van der Waals surface area (Å²) in [7, 11) is 0. The first-order valence-corrected chi connectivity index (χ1v) is 6.82. The zero-order valence-corrected chi connectivity index (χ0v) is 11.5. The molecule has 0 radical (unpaired) electrons. The summed E-state index contributed by atoms with van der Waals surface area (Å²) in [6.45, 7) is 5.16. The lowest BCUT2D eigenvalue weighted by Crippen LogP contribution is -2.28. The van der Waals surface area contributed by atoms with Gasteiger partial charge in [0.1, 0.15) is 0 Å². The number of hydrogen-bond donors (Lipinski definition) is 1. The first-order chi connectivity index (χ1) is 9.13. The summed E-state index contributed by atoms with van der Waals surface area (Å²) < 4.78 is 0. The fraction of sp³-hybridized carbons (Fsp3) is 0.467. The van der Waals surface area contributed by atoms with Crippen molar-refractivity contribution in [1.82, 2.24) is 5.32 Å². The molecule has 1 aromatic carbocycles. The van der Waals surface area contributed by atoms with Gasteiger partial charge in [-0.15, -0.1) is 0 Å². The standard InChI is InChI=1S/C15H20N2O2/c1-3-9-16-11(2)12-5-4-6-13(10-12)17-14(18)7-8-15(17)19/h4-6,10-11,16H,3,7-9H2,1-2H3. The van der Waals surface area contributed by atoms with E-state index in [0.29, 0.717) is 18.5 Å². The largest absolute Gasteiger partial charge is 0.310 e. The maximum atomic E-state index is 11.7. The Labute approximate surface area is 113 Å². The number of nitrogens with one attached hydrogen (secondary N) is 1. The van der Waals surface area contributed by atoms with Crippen LogP contribution in [-0.2, 0) is 9.59 Å². The zero-order chi connectivity index (χ0) is 13.8. The van der Waals surface area contributed by atoms with Gasteiger partial charge < -0.3 is 5.32 Å². The number of anilines is 1. The second-order valence-electron chi connectivity index (χ2n) is 4.89. The molecule has 0 aromatic heterocycles. The van der Waals surface area contributed by atoms with Crippen LogP contribution < -0.4 is 10.2 Å². The predicted octanol–water partition coefficient (Wildman–Crippen LogP) is 2.40. The van der Waals surface area contributed by atoms with Crippen molar-refractivity contribution in [2.45, 2.75) is 39.2 Å². The van der Waals surface area contributed by atoms with E-state index in [-0.39, 0.29) is 17.9 Å². The van der Waals surface area contributed by atoms with Crippen LogP contribution in [0.15, 0.2) is 24.3 Å². The van der Waals surface area contributed by atoms with Gasteiger partial charge in [0.05, 0.1) is 5.69 Å². The van der Waals surface area contributed by atoms with Gasteiger partial charge in [0, 0.05) is 18.9 Å². The van der Waals surface area contributed by atoms with Gasteiger partial charge in [-0.1, -0.05) is 19.1 Å². The minimum absolute atomic E-state index is 0.101. The lowest BCUT2D eigenvalue weighted by Gasteiger charge is -2.18. The molecule has 1 aliphatic heterocycles. The highest BCUT2D eigenvalue weighted by Crippen LogP contribution is 2.25. The van der Waals surface area contributed by atoms with Crippen LogP contribution in [0.2, 0.25) is 0 Å². The van der Waals surface area contributed by atoms with Crippen molar-refractivity contribution in [3.05, 3.63) is 29.8 Å². The normalized spacial score (nSPS) is 17.1. The smallest absolute Gasteiger partial charge is 0.234 e. The van der Waals surface area contributed by atoms with E-state index in [2.05, 4.69) is 19.2 Å². The van der Waals surface area contributed by atoms with Crippen molar-refractivity contribution in [2.75, 3.05) is 11.4 Å². The molecule has 0 spiro atoms. The SMILES string of the molecule is CCCNC(C)c1cccc(N2C(=O)CCC2=O)c1. The van der Waals surface area contributed by atoms with Crippen LogP contribution in [0.25, 0.3) is 0 Å². The lowest BCUT2D eigenvalue weighted by molar-refractivity contribution is -0.121. The highest BCUT2D eigenvalue weighted by atomic mass is 16.2. The molecule has 4 heteroatoms. The van der Waals surface area contributed by atoms with Crippen molar-refractivity contribution in [3.63, 3.8) is 0 Å². The van der Waals surface area contributed by atoms with Crippen LogP contribution in [0.4, 0.5) is 5.69 Å². The lowest BCUT2D eigenvalue weighted by atomic mass is 10.1. The molecule has 2 amide bonds. The van der Waals surface area contributed by atoms with Gasteiger partial charge in [-0.2, -0.15) is 0 Å². The first-order valence-electron chi connectivity index (χ1n) is 6.82. The average molecular weight is 260 g/mol. The van der Waals surface area contributed by atoms with Gasteiger partial charge in [-0.25, -0.2) is 0 Å². The molecule has 19 heavy (non-hydrogen) atoms. The van der Waals surface area contributed by atoms with Crippen LogP contribution in [0.1, 0.15) is 44.7 Å². The van der Waals surface area contributed by atoms with E-state index in [1.807, 2.05) is 24.3 Å². The van der Waals surface area contributed by atoms with E-state index in [0.717, 1.165) is 18.5 Å². The number of benzene rings is 1. The summed E-state index contributed by atoms with van der Waals surface area (Å²) in [6.07, 6.45) is 1.73. The molecule has 1 unspecified atom stereocenters. The number of amides is 2. The third kappa shape index (κ3) is 3.01. The van der Waals surface area contributed by atoms with Crippen LogP contribution in [0.3, 0.4) is 0 Å². The Bertz CT molecular complexity index is 469. The molecule has 4 nitrogen and oxygen atoms in total. The molecule has 1 fully saturated rings. The predicted molar refractivity (Wildman–Crippen MR) is 74.9 cm³/mol. The zero-order valence-electron chi connectivity index (χ0n) is 11.5. The molecule has 1 heterocycles. The van der Waals surface area contributed by atoms with Crippen LogP contribution in [0.5, 0.6) is 0 Å². The van der Waals surface area contributed by atoms with Crippen LogP contribution in [0, 0.1) is 0 Å². The van der Waals surface area contributed by atoms with Crippen LogP contribution >= 0.6 is 0 Å². The van der Waals surface area contributed by atoms with E-state index in [1.165, 1.54) is 4.90 Å². The van der Waals surface area contributed by atoms with Gasteiger partial charge >= 0.3 is 0 Å². The Kier molecular flexibility index (Phi) is 4.32. The fourth-order valence-electron chi connectivity index (χ4n) is 2.28. The van der Waals surface area contributed by atoms with Crippen molar-refractivity contribution in [1.29, 1.82) is 0 Å². The van der Waals surface area contributed by atoms with Gasteiger partial charge in [-0.3, -0.25) is 14.5 Å². The van der Waals surface area contributed by atoms with Crippen molar-refractivity contribution in [3.8, 4) is 0 Å². The monoisotopic (exact) mass is 260 g/mol. The minimum Gasteiger partial charge on any atom is -0.310 e. The fourth-order valence-corrected chi connectivity index (χ4v) is 2.28. The molecule has 0 aliphatic carbocycles. The Hall–Kier alpha value is -1.68. The maximum Gasteiger partial charge on any atom is 0.234 e. The van der Waals surface area contributed by atoms with Crippen molar-refractivity contribution in [2.24, 2.45) is 0 Å². The molecule has 1 N–H and O–H groups in total. The Balaban J connectivity index is 2.19. The Morgan fingerprint density at radius 2 is 1.95 bits per heavy atom. The summed E-state index contributed by atoms with van der Waals surface area (Å²) in [4.78, 5) is 24.8. The number of hydrogen-bond acceptors (Lipinski definition) is 3. The Morgan fingerprint density at radius 3 is 2.58 bits per heavy atom. The van der Waals surface area contributed by atoms with E-state index in [4.69, 9.17) is 0 Å². The molecular formula is C15H20N2O2.